The Bertz CT molecular complexity index is 549. The smallest absolute Gasteiger partial charge is 0.165 e. The molecule has 3 saturated carbocycles. The average Bonchev–Trinajstić information content (AvgIpc) is 2.53. The highest BCUT2D eigenvalue weighted by Gasteiger charge is 2.68. The zero-order chi connectivity index (χ0) is 18.8. The Labute approximate surface area is 168 Å². The van der Waals surface area contributed by atoms with Gasteiger partial charge in [0.1, 0.15) is 5.60 Å². The molecule has 0 spiro atoms. The third kappa shape index (κ3) is 2.74. The van der Waals surface area contributed by atoms with Gasteiger partial charge in [-0.25, -0.2) is 0 Å². The monoisotopic (exact) mass is 478 g/mol. The lowest BCUT2D eigenvalue weighted by atomic mass is 9.40. The lowest BCUT2D eigenvalue weighted by Gasteiger charge is -2.67. The molecule has 0 aromatic heterocycles. The first-order chi connectivity index (χ1) is 11.5. The van der Waals surface area contributed by atoms with Gasteiger partial charge in [0.15, 0.2) is 5.78 Å². The van der Waals surface area contributed by atoms with Crippen LogP contribution in [0.1, 0.15) is 59.8 Å². The van der Waals surface area contributed by atoms with E-state index in [4.69, 9.17) is 0 Å². The summed E-state index contributed by atoms with van der Waals surface area (Å²) >= 11 is 7.57. The molecule has 25 heavy (non-hydrogen) atoms. The molecule has 3 rings (SSSR count). The van der Waals surface area contributed by atoms with Crippen LogP contribution in [0.5, 0.6) is 0 Å². The highest BCUT2D eigenvalue weighted by molar-refractivity contribution is 9.09. The van der Waals surface area contributed by atoms with Crippen molar-refractivity contribution in [3.63, 3.8) is 0 Å². The molecule has 0 radical (unpaired) electrons. The number of carbonyl (C=O) groups excluding carboxylic acids is 1. The predicted molar refractivity (Wildman–Crippen MR) is 107 cm³/mol. The van der Waals surface area contributed by atoms with Crippen LogP contribution in [0.15, 0.2) is 0 Å². The lowest BCUT2D eigenvalue weighted by molar-refractivity contribution is -0.218. The van der Waals surface area contributed by atoms with Crippen molar-refractivity contribution in [3.05, 3.63) is 0 Å². The van der Waals surface area contributed by atoms with Gasteiger partial charge in [-0.3, -0.25) is 4.79 Å². The first-order valence-electron chi connectivity index (χ1n) is 9.66. The van der Waals surface area contributed by atoms with Gasteiger partial charge in [-0.1, -0.05) is 52.6 Å². The highest BCUT2D eigenvalue weighted by atomic mass is 79.9. The molecule has 3 aliphatic rings. The number of alkyl halides is 2. The van der Waals surface area contributed by atoms with E-state index in [1.807, 2.05) is 0 Å². The van der Waals surface area contributed by atoms with Gasteiger partial charge in [0.2, 0.25) is 0 Å². The first-order valence-corrected chi connectivity index (χ1v) is 11.7. The van der Waals surface area contributed by atoms with Crippen LogP contribution in [0.4, 0.5) is 0 Å². The summed E-state index contributed by atoms with van der Waals surface area (Å²) in [6.45, 7) is 8.46. The SMILES string of the molecule is CC(C)[C@@H]1CC[C@H](O)[C@H]2[C@H]3[C@](C)(CC[C@@]21CBr)[C@@H](Br)CC(=O)[C@]3(C)O. The topological polar surface area (TPSA) is 57.5 Å². The molecule has 0 saturated heterocycles. The van der Waals surface area contributed by atoms with E-state index >= 15 is 0 Å². The lowest BCUT2D eigenvalue weighted by Crippen LogP contribution is -2.70. The number of fused-ring (bicyclic) bond motifs is 3. The van der Waals surface area contributed by atoms with E-state index in [1.165, 1.54) is 0 Å². The number of carbonyl (C=O) groups is 1. The van der Waals surface area contributed by atoms with Crippen molar-refractivity contribution >= 4 is 37.6 Å². The minimum Gasteiger partial charge on any atom is -0.393 e. The van der Waals surface area contributed by atoms with Crippen molar-refractivity contribution in [1.29, 1.82) is 0 Å². The molecule has 0 unspecified atom stereocenters. The Morgan fingerprint density at radius 3 is 2.44 bits per heavy atom. The summed E-state index contributed by atoms with van der Waals surface area (Å²) in [5, 5.41) is 23.2. The molecule has 0 amide bonds. The summed E-state index contributed by atoms with van der Waals surface area (Å²) in [6.07, 6.45) is 3.74. The summed E-state index contributed by atoms with van der Waals surface area (Å²) in [5.41, 5.74) is -1.59. The molecule has 5 heteroatoms. The van der Waals surface area contributed by atoms with Crippen molar-refractivity contribution in [2.24, 2.45) is 34.5 Å². The van der Waals surface area contributed by atoms with E-state index in [1.54, 1.807) is 6.92 Å². The van der Waals surface area contributed by atoms with Crippen LogP contribution in [0, 0.1) is 34.5 Å². The van der Waals surface area contributed by atoms with Crippen molar-refractivity contribution in [2.45, 2.75) is 76.3 Å². The highest BCUT2D eigenvalue weighted by Crippen LogP contribution is 2.67. The molecule has 3 aliphatic carbocycles. The molecule has 0 heterocycles. The molecule has 0 bridgehead atoms. The number of hydrogen-bond donors (Lipinski definition) is 2. The van der Waals surface area contributed by atoms with Crippen LogP contribution < -0.4 is 0 Å². The Morgan fingerprint density at radius 2 is 1.88 bits per heavy atom. The van der Waals surface area contributed by atoms with Gasteiger partial charge >= 0.3 is 0 Å². The molecule has 3 nitrogen and oxygen atoms in total. The van der Waals surface area contributed by atoms with Gasteiger partial charge in [0, 0.05) is 22.5 Å². The van der Waals surface area contributed by atoms with Crippen LogP contribution >= 0.6 is 31.9 Å². The molecule has 2 N–H and O–H groups in total. The summed E-state index contributed by atoms with van der Waals surface area (Å²) < 4.78 is 0. The zero-order valence-electron chi connectivity index (χ0n) is 15.8. The normalized spacial score (nSPS) is 53.5. The van der Waals surface area contributed by atoms with Crippen LogP contribution in [-0.4, -0.2) is 37.9 Å². The van der Waals surface area contributed by atoms with Gasteiger partial charge in [0.25, 0.3) is 0 Å². The minimum absolute atomic E-state index is 0.0499. The summed E-state index contributed by atoms with van der Waals surface area (Å²) in [5.74, 6) is 0.688. The number of Topliss-reactive ketones (excluding diaryl/α,β-unsaturated/α-hetero) is 1. The van der Waals surface area contributed by atoms with Crippen molar-refractivity contribution in [3.8, 4) is 0 Å². The maximum Gasteiger partial charge on any atom is 0.165 e. The number of halogens is 2. The van der Waals surface area contributed by atoms with Crippen LogP contribution in [0.25, 0.3) is 0 Å². The number of aliphatic hydroxyl groups is 2. The Morgan fingerprint density at radius 1 is 1.24 bits per heavy atom. The largest absolute Gasteiger partial charge is 0.393 e. The molecule has 8 atom stereocenters. The number of aliphatic hydroxyl groups excluding tert-OH is 1. The van der Waals surface area contributed by atoms with E-state index in [9.17, 15) is 15.0 Å². The van der Waals surface area contributed by atoms with Crippen LogP contribution in [0.3, 0.4) is 0 Å². The standard InChI is InChI=1S/C20H32Br2O3/c1-11(2)12-5-6-13(23)16-17-18(3,7-8-20(12,16)10-21)14(22)9-15(24)19(17,4)25/h11-14,16-17,23,25H,5-10H2,1-4H3/t12-,13-,14-,16-,17-,18+,19-,20-/m0/s1. The Kier molecular flexibility index (Phi) is 5.33. The van der Waals surface area contributed by atoms with E-state index in [0.29, 0.717) is 18.3 Å². The van der Waals surface area contributed by atoms with Crippen molar-refractivity contribution in [2.75, 3.05) is 5.33 Å². The van der Waals surface area contributed by atoms with Crippen LogP contribution in [-0.2, 0) is 4.79 Å². The first kappa shape index (κ1) is 20.3. The maximum atomic E-state index is 12.7. The molecule has 144 valence electrons. The number of rotatable bonds is 2. The van der Waals surface area contributed by atoms with E-state index < -0.39 is 11.7 Å². The molecular weight excluding hydrogens is 448 g/mol. The fourth-order valence-corrected chi connectivity index (χ4v) is 8.67. The Hall–Kier alpha value is 0.550. The minimum atomic E-state index is -1.36. The number of ketones is 1. The van der Waals surface area contributed by atoms with E-state index in [0.717, 1.165) is 31.0 Å². The number of hydrogen-bond acceptors (Lipinski definition) is 3. The molecule has 0 aromatic rings. The molecule has 0 aliphatic heterocycles. The average molecular weight is 480 g/mol. The van der Waals surface area contributed by atoms with Gasteiger partial charge in [-0.15, -0.1) is 0 Å². The summed E-state index contributed by atoms with van der Waals surface area (Å²) in [7, 11) is 0. The predicted octanol–water partition coefficient (Wildman–Crippen LogP) is 4.31. The van der Waals surface area contributed by atoms with Gasteiger partial charge in [0.05, 0.1) is 6.10 Å². The van der Waals surface area contributed by atoms with Crippen molar-refractivity contribution < 1.29 is 15.0 Å². The zero-order valence-corrected chi connectivity index (χ0v) is 18.9. The molecule has 3 fully saturated rings. The quantitative estimate of drug-likeness (QED) is 0.580. The van der Waals surface area contributed by atoms with E-state index in [-0.39, 0.29) is 33.3 Å². The van der Waals surface area contributed by atoms with Gasteiger partial charge in [-0.2, -0.15) is 0 Å². The second-order valence-corrected chi connectivity index (χ2v) is 11.3. The molecular formula is C20H32Br2O3. The fraction of sp³-hybridized carbons (Fsp3) is 0.950. The second kappa shape index (κ2) is 6.56. The van der Waals surface area contributed by atoms with Crippen LogP contribution in [0.2, 0.25) is 0 Å². The summed E-state index contributed by atoms with van der Waals surface area (Å²) in [6, 6.07) is 0. The fourth-order valence-electron chi connectivity index (χ4n) is 6.79. The molecule has 0 aromatic carbocycles. The second-order valence-electron chi connectivity index (χ2n) is 9.61. The Balaban J connectivity index is 2.16. The summed E-state index contributed by atoms with van der Waals surface area (Å²) in [4.78, 5) is 12.8. The van der Waals surface area contributed by atoms with Crippen molar-refractivity contribution in [1.82, 2.24) is 0 Å². The third-order valence-corrected chi connectivity index (χ3v) is 10.5. The van der Waals surface area contributed by atoms with E-state index in [2.05, 4.69) is 52.6 Å². The maximum absolute atomic E-state index is 12.7. The third-order valence-electron chi connectivity index (χ3n) is 8.09. The van der Waals surface area contributed by atoms with Gasteiger partial charge < -0.3 is 10.2 Å². The van der Waals surface area contributed by atoms with Gasteiger partial charge in [-0.05, 0) is 61.2 Å².